The molecule has 0 bridgehead atoms. The minimum Gasteiger partial charge on any atom is -0.423 e. The van der Waals surface area contributed by atoms with Gasteiger partial charge in [0, 0.05) is 0 Å². The summed E-state index contributed by atoms with van der Waals surface area (Å²) in [4.78, 5) is 4.82. The van der Waals surface area contributed by atoms with E-state index in [9.17, 15) is 0 Å². The van der Waals surface area contributed by atoms with Gasteiger partial charge in [0.15, 0.2) is 0 Å². The predicted molar refractivity (Wildman–Crippen MR) is 60.0 cm³/mol. The maximum absolute atomic E-state index is 8.85. The summed E-state index contributed by atoms with van der Waals surface area (Å²) < 4.78 is 0. The molecule has 0 atom stereocenters. The molecule has 1 aromatic rings. The van der Waals surface area contributed by atoms with Crippen LogP contribution in [0.25, 0.3) is 0 Å². The van der Waals surface area contributed by atoms with Crippen molar-refractivity contribution in [2.75, 3.05) is 6.61 Å². The number of hydrogen-bond acceptors (Lipinski definition) is 4. The molecular weight excluding hydrogens is 193 g/mol. The lowest BCUT2D eigenvalue weighted by Crippen LogP contribution is -2.29. The molecule has 0 amide bonds. The molecule has 0 aliphatic carbocycles. The van der Waals surface area contributed by atoms with E-state index in [0.29, 0.717) is 12.1 Å². The first kappa shape index (κ1) is 11.5. The minimum absolute atomic E-state index is 0.365. The van der Waals surface area contributed by atoms with Crippen LogP contribution in [0.1, 0.15) is 5.56 Å². The normalized spacial score (nSPS) is 10.3. The van der Waals surface area contributed by atoms with Gasteiger partial charge in [0.05, 0.1) is 6.21 Å². The van der Waals surface area contributed by atoms with Gasteiger partial charge in [-0.05, 0) is 11.0 Å². The fraction of sp³-hybridized carbons (Fsp3) is 0.100. The Bertz CT molecular complexity index is 335. The average molecular weight is 205 g/mol. The molecule has 1 aromatic carbocycles. The van der Waals surface area contributed by atoms with Gasteiger partial charge in [-0.25, -0.2) is 0 Å². The Balaban J connectivity index is 2.56. The lowest BCUT2D eigenvalue weighted by molar-refractivity contribution is 0.176. The molecule has 0 aliphatic rings. The van der Waals surface area contributed by atoms with Crippen LogP contribution in [0.5, 0.6) is 0 Å². The Morgan fingerprint density at radius 2 is 2.00 bits per heavy atom. The highest BCUT2D eigenvalue weighted by atomic mass is 16.6. The third-order valence-corrected chi connectivity index (χ3v) is 1.70. The van der Waals surface area contributed by atoms with Crippen LogP contribution in [-0.4, -0.2) is 30.0 Å². The third kappa shape index (κ3) is 3.97. The van der Waals surface area contributed by atoms with E-state index in [-0.39, 0.29) is 0 Å². The Kier molecular flexibility index (Phi) is 4.60. The van der Waals surface area contributed by atoms with Crippen LogP contribution in [0.15, 0.2) is 42.1 Å². The van der Waals surface area contributed by atoms with Crippen molar-refractivity contribution < 1.29 is 14.9 Å². The van der Waals surface area contributed by atoms with Crippen molar-refractivity contribution in [3.8, 4) is 0 Å². The molecule has 0 aliphatic heterocycles. The smallest absolute Gasteiger partial charge is 0.423 e. The Morgan fingerprint density at radius 1 is 1.33 bits per heavy atom. The van der Waals surface area contributed by atoms with Gasteiger partial charge in [0.2, 0.25) is 0 Å². The summed E-state index contributed by atoms with van der Waals surface area (Å²) in [5.74, 6) is 0. The van der Waals surface area contributed by atoms with Crippen molar-refractivity contribution in [3.05, 3.63) is 42.5 Å². The molecule has 0 unspecified atom stereocenters. The van der Waals surface area contributed by atoms with Crippen LogP contribution in [0, 0.1) is 0 Å². The molecule has 5 heteroatoms. The Morgan fingerprint density at radius 3 is 2.53 bits per heavy atom. The van der Waals surface area contributed by atoms with Crippen molar-refractivity contribution in [2.45, 2.75) is 0 Å². The first-order chi connectivity index (χ1) is 7.24. The second-order valence-electron chi connectivity index (χ2n) is 2.86. The molecule has 0 aromatic heterocycles. The summed E-state index contributed by atoms with van der Waals surface area (Å²) in [5.41, 5.74) is 1.27. The first-order valence-corrected chi connectivity index (χ1v) is 4.46. The van der Waals surface area contributed by atoms with E-state index in [2.05, 4.69) is 11.7 Å². The zero-order chi connectivity index (χ0) is 11.1. The summed E-state index contributed by atoms with van der Waals surface area (Å²) >= 11 is 0. The van der Waals surface area contributed by atoms with E-state index >= 15 is 0 Å². The highest BCUT2D eigenvalue weighted by Gasteiger charge is 2.08. The quantitative estimate of drug-likeness (QED) is 0.232. The van der Waals surface area contributed by atoms with Crippen LogP contribution in [0.4, 0.5) is 0 Å². The molecule has 0 radical (unpaired) electrons. The van der Waals surface area contributed by atoms with E-state index in [0.717, 1.165) is 5.56 Å². The second-order valence-corrected chi connectivity index (χ2v) is 2.86. The van der Waals surface area contributed by atoms with Crippen LogP contribution in [0.3, 0.4) is 0 Å². The average Bonchev–Trinajstić information content (AvgIpc) is 2.25. The minimum atomic E-state index is -1.44. The molecule has 0 heterocycles. The van der Waals surface area contributed by atoms with E-state index in [1.54, 1.807) is 30.3 Å². The van der Waals surface area contributed by atoms with Gasteiger partial charge in [0.25, 0.3) is 0 Å². The van der Waals surface area contributed by atoms with Crippen LogP contribution in [0.2, 0.25) is 0 Å². The molecule has 0 spiro atoms. The molecule has 0 fully saturated rings. The molecule has 78 valence electrons. The van der Waals surface area contributed by atoms with Gasteiger partial charge in [-0.3, -0.25) is 0 Å². The Hall–Kier alpha value is -1.59. The molecular formula is C10H12BNO3. The lowest BCUT2D eigenvalue weighted by Gasteiger charge is -1.98. The molecule has 4 nitrogen and oxygen atoms in total. The topological polar surface area (TPSA) is 62.0 Å². The summed E-state index contributed by atoms with van der Waals surface area (Å²) in [6, 6.07) is 6.66. The molecule has 0 saturated heterocycles. The Labute approximate surface area is 88.6 Å². The molecule has 0 saturated carbocycles. The number of oxime groups is 1. The fourth-order valence-corrected chi connectivity index (χ4v) is 0.948. The van der Waals surface area contributed by atoms with Crippen molar-refractivity contribution in [3.63, 3.8) is 0 Å². The molecule has 15 heavy (non-hydrogen) atoms. The monoisotopic (exact) mass is 205 g/mol. The number of benzene rings is 1. The SMILES string of the molecule is C=CCO/N=C/c1ccc(B(O)O)cc1. The maximum Gasteiger partial charge on any atom is 0.488 e. The fourth-order valence-electron chi connectivity index (χ4n) is 0.948. The number of rotatable bonds is 5. The van der Waals surface area contributed by atoms with Gasteiger partial charge in [-0.2, -0.15) is 0 Å². The van der Waals surface area contributed by atoms with Gasteiger partial charge in [-0.1, -0.05) is 42.1 Å². The van der Waals surface area contributed by atoms with Gasteiger partial charge in [0.1, 0.15) is 6.61 Å². The molecule has 2 N–H and O–H groups in total. The van der Waals surface area contributed by atoms with Gasteiger partial charge in [-0.15, -0.1) is 0 Å². The van der Waals surface area contributed by atoms with E-state index < -0.39 is 7.12 Å². The van der Waals surface area contributed by atoms with Crippen LogP contribution in [-0.2, 0) is 4.84 Å². The number of nitrogens with zero attached hydrogens (tertiary/aromatic N) is 1. The van der Waals surface area contributed by atoms with Crippen molar-refractivity contribution in [2.24, 2.45) is 5.16 Å². The third-order valence-electron chi connectivity index (χ3n) is 1.70. The standard InChI is InChI=1S/C10H12BNO3/c1-2-7-15-12-8-9-3-5-10(6-4-9)11(13)14/h2-6,8,13-14H,1,7H2/b12-8+. The van der Waals surface area contributed by atoms with Gasteiger partial charge >= 0.3 is 7.12 Å². The highest BCUT2D eigenvalue weighted by molar-refractivity contribution is 6.58. The second kappa shape index (κ2) is 6.00. The van der Waals surface area contributed by atoms with Crippen molar-refractivity contribution >= 4 is 18.8 Å². The van der Waals surface area contributed by atoms with Crippen molar-refractivity contribution in [1.82, 2.24) is 0 Å². The van der Waals surface area contributed by atoms with Crippen LogP contribution < -0.4 is 5.46 Å². The predicted octanol–water partition coefficient (Wildman–Crippen LogP) is -0.0971. The van der Waals surface area contributed by atoms with Crippen LogP contribution >= 0.6 is 0 Å². The largest absolute Gasteiger partial charge is 0.488 e. The maximum atomic E-state index is 8.85. The zero-order valence-electron chi connectivity index (χ0n) is 8.21. The summed E-state index contributed by atoms with van der Waals surface area (Å²) in [6.07, 6.45) is 3.14. The van der Waals surface area contributed by atoms with Gasteiger partial charge < -0.3 is 14.9 Å². The van der Waals surface area contributed by atoms with Crippen molar-refractivity contribution in [1.29, 1.82) is 0 Å². The highest BCUT2D eigenvalue weighted by Crippen LogP contribution is 1.94. The zero-order valence-corrected chi connectivity index (χ0v) is 8.21. The lowest BCUT2D eigenvalue weighted by atomic mass is 9.80. The number of hydrogen-bond donors (Lipinski definition) is 2. The van der Waals surface area contributed by atoms with E-state index in [4.69, 9.17) is 14.9 Å². The summed E-state index contributed by atoms with van der Waals surface area (Å²) in [5, 5.41) is 21.4. The molecule has 1 rings (SSSR count). The summed E-state index contributed by atoms with van der Waals surface area (Å²) in [6.45, 7) is 3.85. The van der Waals surface area contributed by atoms with E-state index in [1.807, 2.05) is 0 Å². The summed E-state index contributed by atoms with van der Waals surface area (Å²) in [7, 11) is -1.44. The van der Waals surface area contributed by atoms with E-state index in [1.165, 1.54) is 6.21 Å². The first-order valence-electron chi connectivity index (χ1n) is 4.46.